The van der Waals surface area contributed by atoms with Gasteiger partial charge in [-0.15, -0.1) is 11.3 Å². The van der Waals surface area contributed by atoms with E-state index in [2.05, 4.69) is 9.88 Å². The van der Waals surface area contributed by atoms with E-state index in [9.17, 15) is 9.59 Å². The number of carbonyl (C=O) groups is 1. The fourth-order valence-electron chi connectivity index (χ4n) is 3.19. The number of aromatic nitrogens is 2. The second kappa shape index (κ2) is 7.01. The SMILES string of the molecule is Cc1ccc(C(=O)N2CCN(Cc3cc(=O)n4ccsc4n3)CC2)cc1. The van der Waals surface area contributed by atoms with Gasteiger partial charge in [-0.25, -0.2) is 4.98 Å². The van der Waals surface area contributed by atoms with Crippen molar-refractivity contribution >= 4 is 22.2 Å². The molecule has 3 aromatic rings. The molecule has 4 rings (SSSR count). The first kappa shape index (κ1) is 16.9. The fourth-order valence-corrected chi connectivity index (χ4v) is 3.92. The van der Waals surface area contributed by atoms with Gasteiger partial charge in [0.05, 0.1) is 5.69 Å². The number of nitrogens with zero attached hydrogens (tertiary/aromatic N) is 4. The minimum atomic E-state index is -0.0422. The fraction of sp³-hybridized carbons (Fsp3) is 0.316. The number of piperazine rings is 1. The van der Waals surface area contributed by atoms with Crippen molar-refractivity contribution in [3.63, 3.8) is 0 Å². The number of hydrogen-bond donors (Lipinski definition) is 0. The zero-order valence-electron chi connectivity index (χ0n) is 14.6. The normalized spacial score (nSPS) is 15.5. The number of carbonyl (C=O) groups excluding carboxylic acids is 1. The van der Waals surface area contributed by atoms with Gasteiger partial charge in [-0.2, -0.15) is 0 Å². The zero-order valence-corrected chi connectivity index (χ0v) is 15.4. The van der Waals surface area contributed by atoms with Gasteiger partial charge in [0.15, 0.2) is 4.96 Å². The average molecular weight is 368 g/mol. The monoisotopic (exact) mass is 368 g/mol. The quantitative estimate of drug-likeness (QED) is 0.710. The Kier molecular flexibility index (Phi) is 4.57. The summed E-state index contributed by atoms with van der Waals surface area (Å²) in [6, 6.07) is 9.31. The van der Waals surface area contributed by atoms with Crippen LogP contribution in [0.4, 0.5) is 0 Å². The van der Waals surface area contributed by atoms with Crippen LogP contribution in [-0.2, 0) is 6.54 Å². The molecule has 0 atom stereocenters. The van der Waals surface area contributed by atoms with E-state index < -0.39 is 0 Å². The molecule has 1 aliphatic rings. The van der Waals surface area contributed by atoms with E-state index in [-0.39, 0.29) is 11.5 Å². The molecule has 2 aromatic heterocycles. The van der Waals surface area contributed by atoms with Gasteiger partial charge in [0, 0.05) is 55.9 Å². The van der Waals surface area contributed by atoms with Crippen LogP contribution in [-0.4, -0.2) is 51.3 Å². The number of benzene rings is 1. The van der Waals surface area contributed by atoms with Crippen LogP contribution >= 0.6 is 11.3 Å². The molecule has 1 aromatic carbocycles. The van der Waals surface area contributed by atoms with Gasteiger partial charge in [-0.05, 0) is 19.1 Å². The minimum absolute atomic E-state index is 0.0422. The predicted molar refractivity (Wildman–Crippen MR) is 102 cm³/mol. The highest BCUT2D eigenvalue weighted by molar-refractivity contribution is 7.15. The second-order valence-corrected chi connectivity index (χ2v) is 7.45. The molecular formula is C19H20N4O2S. The predicted octanol–water partition coefficient (Wildman–Crippen LogP) is 2.02. The lowest BCUT2D eigenvalue weighted by atomic mass is 10.1. The van der Waals surface area contributed by atoms with Gasteiger partial charge >= 0.3 is 0 Å². The van der Waals surface area contributed by atoms with Crippen molar-refractivity contribution in [2.24, 2.45) is 0 Å². The van der Waals surface area contributed by atoms with Crippen LogP contribution in [0.5, 0.6) is 0 Å². The van der Waals surface area contributed by atoms with Crippen LogP contribution < -0.4 is 5.56 Å². The smallest absolute Gasteiger partial charge is 0.258 e. The lowest BCUT2D eigenvalue weighted by Gasteiger charge is -2.34. The molecule has 3 heterocycles. The number of thiazole rings is 1. The third kappa shape index (κ3) is 3.40. The number of amides is 1. The molecule has 0 aliphatic carbocycles. The van der Waals surface area contributed by atoms with Gasteiger partial charge in [-0.3, -0.25) is 18.9 Å². The molecule has 1 saturated heterocycles. The lowest BCUT2D eigenvalue weighted by Crippen LogP contribution is -2.48. The molecule has 0 saturated carbocycles. The highest BCUT2D eigenvalue weighted by Crippen LogP contribution is 2.13. The van der Waals surface area contributed by atoms with E-state index in [4.69, 9.17) is 0 Å². The zero-order chi connectivity index (χ0) is 18.1. The molecule has 0 bridgehead atoms. The summed E-state index contributed by atoms with van der Waals surface area (Å²) in [5.74, 6) is 0.0843. The van der Waals surface area contributed by atoms with Crippen LogP contribution in [0.3, 0.4) is 0 Å². The van der Waals surface area contributed by atoms with Crippen molar-refractivity contribution in [2.75, 3.05) is 26.2 Å². The van der Waals surface area contributed by atoms with E-state index in [0.717, 1.165) is 34.9 Å². The molecule has 26 heavy (non-hydrogen) atoms. The molecule has 7 heteroatoms. The van der Waals surface area contributed by atoms with Crippen molar-refractivity contribution in [1.82, 2.24) is 19.2 Å². The molecule has 134 valence electrons. The summed E-state index contributed by atoms with van der Waals surface area (Å²) in [5, 5.41) is 1.86. The molecule has 0 unspecified atom stereocenters. The minimum Gasteiger partial charge on any atom is -0.336 e. The maximum atomic E-state index is 12.6. The summed E-state index contributed by atoms with van der Waals surface area (Å²) in [5.41, 5.74) is 2.63. The number of hydrogen-bond acceptors (Lipinski definition) is 5. The number of aryl methyl sites for hydroxylation is 1. The van der Waals surface area contributed by atoms with Crippen molar-refractivity contribution in [3.8, 4) is 0 Å². The molecule has 0 spiro atoms. The maximum Gasteiger partial charge on any atom is 0.258 e. The molecule has 1 amide bonds. The van der Waals surface area contributed by atoms with E-state index in [1.807, 2.05) is 41.5 Å². The Labute approximate surface area is 155 Å². The average Bonchev–Trinajstić information content (AvgIpc) is 3.12. The molecule has 0 radical (unpaired) electrons. The van der Waals surface area contributed by atoms with Crippen LogP contribution in [0.25, 0.3) is 4.96 Å². The Bertz CT molecular complexity index is 985. The van der Waals surface area contributed by atoms with Crippen LogP contribution in [0, 0.1) is 6.92 Å². The van der Waals surface area contributed by atoms with Gasteiger partial charge < -0.3 is 4.90 Å². The largest absolute Gasteiger partial charge is 0.336 e. The van der Waals surface area contributed by atoms with E-state index in [1.54, 1.807) is 16.7 Å². The summed E-state index contributed by atoms with van der Waals surface area (Å²) >= 11 is 1.46. The van der Waals surface area contributed by atoms with Crippen LogP contribution in [0.15, 0.2) is 46.7 Å². The van der Waals surface area contributed by atoms with Crippen molar-refractivity contribution in [2.45, 2.75) is 13.5 Å². The van der Waals surface area contributed by atoms with Gasteiger partial charge in [0.25, 0.3) is 11.5 Å². The number of fused-ring (bicyclic) bond motifs is 1. The summed E-state index contributed by atoms with van der Waals surface area (Å²) in [6.07, 6.45) is 1.74. The topological polar surface area (TPSA) is 57.9 Å². The highest BCUT2D eigenvalue weighted by atomic mass is 32.1. The van der Waals surface area contributed by atoms with Crippen LogP contribution in [0.2, 0.25) is 0 Å². The van der Waals surface area contributed by atoms with Crippen LogP contribution in [0.1, 0.15) is 21.6 Å². The third-order valence-corrected chi connectivity index (χ3v) is 5.46. The first-order chi connectivity index (χ1) is 12.6. The highest BCUT2D eigenvalue weighted by Gasteiger charge is 2.22. The lowest BCUT2D eigenvalue weighted by molar-refractivity contribution is 0.0627. The summed E-state index contributed by atoms with van der Waals surface area (Å²) in [6.45, 7) is 5.59. The maximum absolute atomic E-state index is 12.6. The Morgan fingerprint density at radius 2 is 1.88 bits per heavy atom. The standard InChI is InChI=1S/C19H20N4O2S/c1-14-2-4-15(5-3-14)18(25)22-8-6-21(7-9-22)13-16-12-17(24)23-10-11-26-19(23)20-16/h2-5,10-12H,6-9,13H2,1H3. The Balaban J connectivity index is 1.39. The molecule has 6 nitrogen and oxygen atoms in total. The molecule has 1 aliphatic heterocycles. The summed E-state index contributed by atoms with van der Waals surface area (Å²) in [7, 11) is 0. The van der Waals surface area contributed by atoms with Crippen molar-refractivity contribution in [1.29, 1.82) is 0 Å². The molecule has 1 fully saturated rings. The van der Waals surface area contributed by atoms with Gasteiger partial charge in [0.1, 0.15) is 0 Å². The first-order valence-corrected chi connectivity index (χ1v) is 9.52. The van der Waals surface area contributed by atoms with Gasteiger partial charge in [-0.1, -0.05) is 17.7 Å². The first-order valence-electron chi connectivity index (χ1n) is 8.64. The number of rotatable bonds is 3. The van der Waals surface area contributed by atoms with E-state index >= 15 is 0 Å². The molecular weight excluding hydrogens is 348 g/mol. The van der Waals surface area contributed by atoms with Crippen molar-refractivity contribution < 1.29 is 4.79 Å². The Morgan fingerprint density at radius 3 is 2.62 bits per heavy atom. The summed E-state index contributed by atoms with van der Waals surface area (Å²) < 4.78 is 1.56. The second-order valence-electron chi connectivity index (χ2n) is 6.58. The third-order valence-electron chi connectivity index (χ3n) is 4.70. The van der Waals surface area contributed by atoms with Crippen molar-refractivity contribution in [3.05, 3.63) is 69.1 Å². The van der Waals surface area contributed by atoms with E-state index in [1.165, 1.54) is 11.3 Å². The van der Waals surface area contributed by atoms with Gasteiger partial charge in [0.2, 0.25) is 0 Å². The molecule has 0 N–H and O–H groups in total. The van der Waals surface area contributed by atoms with E-state index in [0.29, 0.717) is 19.6 Å². The summed E-state index contributed by atoms with van der Waals surface area (Å²) in [4.78, 5) is 34.1. The Hall–Kier alpha value is -2.51. The Morgan fingerprint density at radius 1 is 1.15 bits per heavy atom.